The predicted octanol–water partition coefficient (Wildman–Crippen LogP) is 5.05. The number of hydrogen-bond donors (Lipinski definition) is 0. The lowest BCUT2D eigenvalue weighted by atomic mass is 9.88. The summed E-state index contributed by atoms with van der Waals surface area (Å²) in [5, 5.41) is 0. The van der Waals surface area contributed by atoms with E-state index in [4.69, 9.17) is 18.9 Å². The zero-order valence-corrected chi connectivity index (χ0v) is 16.3. The van der Waals surface area contributed by atoms with Gasteiger partial charge >= 0.3 is 0 Å². The summed E-state index contributed by atoms with van der Waals surface area (Å²) in [7, 11) is 6.66. The maximum Gasteiger partial charge on any atom is 0.161 e. The van der Waals surface area contributed by atoms with Crippen molar-refractivity contribution in [2.45, 2.75) is 26.2 Å². The molecule has 4 nitrogen and oxygen atoms in total. The van der Waals surface area contributed by atoms with Crippen LogP contribution >= 0.6 is 0 Å². The summed E-state index contributed by atoms with van der Waals surface area (Å²) in [5.74, 6) is 3.16. The molecule has 0 N–H and O–H groups in total. The fraction of sp³-hybridized carbons (Fsp3) is 0.364. The largest absolute Gasteiger partial charge is 0.493 e. The van der Waals surface area contributed by atoms with Gasteiger partial charge in [0.1, 0.15) is 0 Å². The maximum absolute atomic E-state index is 5.54. The van der Waals surface area contributed by atoms with Crippen LogP contribution in [0.25, 0.3) is 5.57 Å². The molecule has 0 heterocycles. The molecule has 0 fully saturated rings. The van der Waals surface area contributed by atoms with Crippen molar-refractivity contribution in [1.29, 1.82) is 0 Å². The zero-order chi connectivity index (χ0) is 18.8. The van der Waals surface area contributed by atoms with Crippen LogP contribution in [0.5, 0.6) is 23.0 Å². The Balaban J connectivity index is 2.20. The highest BCUT2D eigenvalue weighted by atomic mass is 16.5. The van der Waals surface area contributed by atoms with Gasteiger partial charge in [0.15, 0.2) is 23.0 Å². The highest BCUT2D eigenvalue weighted by molar-refractivity contribution is 5.81. The van der Waals surface area contributed by atoms with Crippen molar-refractivity contribution in [2.75, 3.05) is 28.4 Å². The quantitative estimate of drug-likeness (QED) is 0.727. The summed E-state index contributed by atoms with van der Waals surface area (Å²) in [4.78, 5) is 0. The number of benzene rings is 2. The molecule has 26 heavy (non-hydrogen) atoms. The summed E-state index contributed by atoms with van der Waals surface area (Å²) >= 11 is 0. The highest BCUT2D eigenvalue weighted by Gasteiger charge is 2.31. The van der Waals surface area contributed by atoms with E-state index in [2.05, 4.69) is 38.1 Å². The summed E-state index contributed by atoms with van der Waals surface area (Å²) in [6.07, 6.45) is 0.970. The first-order valence-corrected chi connectivity index (χ1v) is 8.77. The minimum absolute atomic E-state index is 0.166. The molecule has 1 aliphatic carbocycles. The van der Waals surface area contributed by atoms with Gasteiger partial charge in [-0.25, -0.2) is 0 Å². The van der Waals surface area contributed by atoms with Gasteiger partial charge in [0.25, 0.3) is 0 Å². The maximum atomic E-state index is 5.54. The minimum atomic E-state index is 0.166. The lowest BCUT2D eigenvalue weighted by molar-refractivity contribution is 0.354. The van der Waals surface area contributed by atoms with Crippen molar-refractivity contribution in [3.05, 3.63) is 52.6 Å². The zero-order valence-electron chi connectivity index (χ0n) is 16.3. The lowest BCUT2D eigenvalue weighted by Crippen LogP contribution is -2.02. The molecule has 0 spiro atoms. The third-order valence-electron chi connectivity index (χ3n) is 5.20. The molecule has 4 heteroatoms. The average molecular weight is 354 g/mol. The highest BCUT2D eigenvalue weighted by Crippen LogP contribution is 2.50. The molecule has 138 valence electrons. The molecule has 0 aromatic heterocycles. The Hall–Kier alpha value is -2.62. The molecule has 1 unspecified atom stereocenters. The minimum Gasteiger partial charge on any atom is -0.493 e. The second-order valence-corrected chi connectivity index (χ2v) is 6.36. The van der Waals surface area contributed by atoms with Crippen molar-refractivity contribution in [3.8, 4) is 23.0 Å². The molecule has 0 amide bonds. The Morgan fingerprint density at radius 1 is 0.769 bits per heavy atom. The summed E-state index contributed by atoms with van der Waals surface area (Å²) in [6.45, 7) is 4.40. The molecule has 2 aromatic carbocycles. The molecular weight excluding hydrogens is 328 g/mol. The van der Waals surface area contributed by atoms with Crippen LogP contribution < -0.4 is 18.9 Å². The molecule has 0 saturated carbocycles. The standard InChI is InChI=1S/C22H26O4/c1-7-15-13(2)22(14-8-9-18(23-3)19(10-14)24-4)17-12-21(26-6)20(25-5)11-16(15)17/h8-12,22H,7H2,1-6H3. The van der Waals surface area contributed by atoms with Crippen LogP contribution in [-0.2, 0) is 0 Å². The van der Waals surface area contributed by atoms with Gasteiger partial charge in [0.05, 0.1) is 28.4 Å². The lowest BCUT2D eigenvalue weighted by Gasteiger charge is -2.18. The fourth-order valence-electron chi connectivity index (χ4n) is 3.95. The van der Waals surface area contributed by atoms with E-state index in [1.807, 2.05) is 6.07 Å². The Morgan fingerprint density at radius 2 is 1.35 bits per heavy atom. The van der Waals surface area contributed by atoms with Gasteiger partial charge < -0.3 is 18.9 Å². The number of allylic oxidation sites excluding steroid dienone is 2. The van der Waals surface area contributed by atoms with Crippen molar-refractivity contribution in [2.24, 2.45) is 0 Å². The Bertz CT molecular complexity index is 851. The number of rotatable bonds is 6. The van der Waals surface area contributed by atoms with Gasteiger partial charge in [-0.2, -0.15) is 0 Å². The van der Waals surface area contributed by atoms with Gasteiger partial charge in [0.2, 0.25) is 0 Å². The van der Waals surface area contributed by atoms with E-state index in [9.17, 15) is 0 Å². The van der Waals surface area contributed by atoms with Crippen LogP contribution in [0.15, 0.2) is 35.9 Å². The van der Waals surface area contributed by atoms with Crippen molar-refractivity contribution >= 4 is 5.57 Å². The van der Waals surface area contributed by atoms with Gasteiger partial charge in [-0.3, -0.25) is 0 Å². The van der Waals surface area contributed by atoms with Gasteiger partial charge in [-0.15, -0.1) is 0 Å². The van der Waals surface area contributed by atoms with Crippen molar-refractivity contribution in [3.63, 3.8) is 0 Å². The van der Waals surface area contributed by atoms with Crippen LogP contribution in [0.2, 0.25) is 0 Å². The first-order chi connectivity index (χ1) is 12.6. The van der Waals surface area contributed by atoms with E-state index in [1.165, 1.54) is 27.8 Å². The van der Waals surface area contributed by atoms with Gasteiger partial charge in [0, 0.05) is 5.92 Å². The molecule has 2 aromatic rings. The summed E-state index contributed by atoms with van der Waals surface area (Å²) in [6, 6.07) is 10.3. The number of methoxy groups -OCH3 is 4. The summed E-state index contributed by atoms with van der Waals surface area (Å²) in [5.41, 5.74) is 6.37. The second kappa shape index (κ2) is 7.32. The molecule has 1 atom stereocenters. The SMILES string of the molecule is CCC1=C(C)C(c2ccc(OC)c(OC)c2)c2cc(OC)c(OC)cc21. The van der Waals surface area contributed by atoms with Crippen LogP contribution in [-0.4, -0.2) is 28.4 Å². The predicted molar refractivity (Wildman–Crippen MR) is 104 cm³/mol. The molecule has 0 aliphatic heterocycles. The normalized spacial score (nSPS) is 15.7. The van der Waals surface area contributed by atoms with E-state index in [1.54, 1.807) is 28.4 Å². The van der Waals surface area contributed by atoms with E-state index in [-0.39, 0.29) is 5.92 Å². The molecule has 1 aliphatic rings. The van der Waals surface area contributed by atoms with Crippen molar-refractivity contribution in [1.82, 2.24) is 0 Å². The monoisotopic (exact) mass is 354 g/mol. The third kappa shape index (κ3) is 2.79. The van der Waals surface area contributed by atoms with Gasteiger partial charge in [-0.1, -0.05) is 18.6 Å². The molecule has 3 rings (SSSR count). The van der Waals surface area contributed by atoms with E-state index in [0.29, 0.717) is 0 Å². The van der Waals surface area contributed by atoms with E-state index < -0.39 is 0 Å². The number of hydrogen-bond acceptors (Lipinski definition) is 4. The summed E-state index contributed by atoms with van der Waals surface area (Å²) < 4.78 is 22.0. The van der Waals surface area contributed by atoms with E-state index in [0.717, 1.165) is 29.4 Å². The molecule has 0 radical (unpaired) electrons. The Kier molecular flexibility index (Phi) is 5.12. The number of ether oxygens (including phenoxy) is 4. The third-order valence-corrected chi connectivity index (χ3v) is 5.20. The molecule has 0 saturated heterocycles. The topological polar surface area (TPSA) is 36.9 Å². The Morgan fingerprint density at radius 3 is 1.92 bits per heavy atom. The van der Waals surface area contributed by atoms with Crippen LogP contribution in [0.3, 0.4) is 0 Å². The van der Waals surface area contributed by atoms with Crippen LogP contribution in [0.4, 0.5) is 0 Å². The smallest absolute Gasteiger partial charge is 0.161 e. The average Bonchev–Trinajstić information content (AvgIpc) is 2.96. The fourth-order valence-corrected chi connectivity index (χ4v) is 3.95. The second-order valence-electron chi connectivity index (χ2n) is 6.36. The molecular formula is C22H26O4. The number of fused-ring (bicyclic) bond motifs is 1. The first-order valence-electron chi connectivity index (χ1n) is 8.77. The molecule has 0 bridgehead atoms. The first kappa shape index (κ1) is 18.2. The van der Waals surface area contributed by atoms with E-state index >= 15 is 0 Å². The van der Waals surface area contributed by atoms with Crippen LogP contribution in [0, 0.1) is 0 Å². The Labute approximate surface area is 155 Å². The van der Waals surface area contributed by atoms with Crippen molar-refractivity contribution < 1.29 is 18.9 Å². The van der Waals surface area contributed by atoms with Gasteiger partial charge in [-0.05, 0) is 59.9 Å². The van der Waals surface area contributed by atoms with Crippen LogP contribution in [0.1, 0.15) is 42.9 Å².